The first kappa shape index (κ1) is 11.2. The molecule has 2 atom stereocenters. The lowest BCUT2D eigenvalue weighted by atomic mass is 10.0. The largest absolute Gasteiger partial charge is 0.314 e. The summed E-state index contributed by atoms with van der Waals surface area (Å²) in [7, 11) is 1.79. The zero-order chi connectivity index (χ0) is 10.6. The van der Waals surface area contributed by atoms with Crippen LogP contribution in [0.25, 0.3) is 0 Å². The Labute approximate surface area is 85.3 Å². The molecule has 14 heavy (non-hydrogen) atoms. The van der Waals surface area contributed by atoms with Gasteiger partial charge in [0, 0.05) is 12.5 Å². The van der Waals surface area contributed by atoms with Gasteiger partial charge in [-0.1, -0.05) is 24.3 Å². The monoisotopic (exact) mass is 195 g/mol. The van der Waals surface area contributed by atoms with Crippen LogP contribution in [0.1, 0.15) is 18.1 Å². The third kappa shape index (κ3) is 2.81. The summed E-state index contributed by atoms with van der Waals surface area (Å²) in [6.07, 6.45) is -0.324. The summed E-state index contributed by atoms with van der Waals surface area (Å²) in [6.45, 7) is 3.88. The minimum atomic E-state index is -0.818. The standard InChI is InChI=1S/C12H18FN/c1-9-6-4-5-7-11(9)8-12(13)10(2)14-3/h4-7,10,12,14H,8H2,1-3H3. The molecule has 0 amide bonds. The number of hydrogen-bond donors (Lipinski definition) is 1. The van der Waals surface area contributed by atoms with Gasteiger partial charge in [-0.3, -0.25) is 0 Å². The van der Waals surface area contributed by atoms with Crippen molar-refractivity contribution in [2.24, 2.45) is 0 Å². The molecule has 0 spiro atoms. The second-order valence-corrected chi connectivity index (χ2v) is 3.72. The maximum Gasteiger partial charge on any atom is 0.119 e. The Morgan fingerprint density at radius 2 is 2.00 bits per heavy atom. The van der Waals surface area contributed by atoms with Crippen LogP contribution in [0.3, 0.4) is 0 Å². The summed E-state index contributed by atoms with van der Waals surface area (Å²) >= 11 is 0. The maximum atomic E-state index is 13.6. The average Bonchev–Trinajstić information content (AvgIpc) is 2.20. The summed E-state index contributed by atoms with van der Waals surface area (Å²) < 4.78 is 13.6. The van der Waals surface area contributed by atoms with Crippen molar-refractivity contribution in [3.05, 3.63) is 35.4 Å². The van der Waals surface area contributed by atoms with E-state index in [1.807, 2.05) is 38.1 Å². The van der Waals surface area contributed by atoms with Crippen molar-refractivity contribution in [1.82, 2.24) is 5.32 Å². The zero-order valence-electron chi connectivity index (χ0n) is 9.05. The molecule has 0 saturated carbocycles. The Kier molecular flexibility index (Phi) is 4.08. The summed E-state index contributed by atoms with van der Waals surface area (Å²) in [5.74, 6) is 0. The van der Waals surface area contributed by atoms with Gasteiger partial charge in [0.15, 0.2) is 0 Å². The highest BCUT2D eigenvalue weighted by atomic mass is 19.1. The molecule has 2 unspecified atom stereocenters. The number of rotatable bonds is 4. The van der Waals surface area contributed by atoms with E-state index in [4.69, 9.17) is 0 Å². The summed E-state index contributed by atoms with van der Waals surface area (Å²) in [4.78, 5) is 0. The average molecular weight is 195 g/mol. The first-order chi connectivity index (χ1) is 6.65. The van der Waals surface area contributed by atoms with Gasteiger partial charge < -0.3 is 5.32 Å². The molecule has 0 aliphatic rings. The molecule has 78 valence electrons. The Balaban J connectivity index is 2.64. The van der Waals surface area contributed by atoms with Gasteiger partial charge in [0.1, 0.15) is 6.17 Å². The van der Waals surface area contributed by atoms with E-state index in [2.05, 4.69) is 5.32 Å². The van der Waals surface area contributed by atoms with E-state index < -0.39 is 6.17 Å². The molecule has 2 heteroatoms. The first-order valence-electron chi connectivity index (χ1n) is 5.01. The molecule has 1 aromatic carbocycles. The number of nitrogens with one attached hydrogen (secondary N) is 1. The summed E-state index contributed by atoms with van der Waals surface area (Å²) in [5, 5.41) is 2.93. The quantitative estimate of drug-likeness (QED) is 0.778. The van der Waals surface area contributed by atoms with Gasteiger partial charge in [0.2, 0.25) is 0 Å². The van der Waals surface area contributed by atoms with E-state index in [1.165, 1.54) is 5.56 Å². The van der Waals surface area contributed by atoms with E-state index in [-0.39, 0.29) is 6.04 Å². The Bertz CT molecular complexity index is 285. The molecular weight excluding hydrogens is 177 g/mol. The van der Waals surface area contributed by atoms with Gasteiger partial charge in [-0.2, -0.15) is 0 Å². The lowest BCUT2D eigenvalue weighted by Gasteiger charge is -2.16. The summed E-state index contributed by atoms with van der Waals surface area (Å²) in [5.41, 5.74) is 2.26. The predicted octanol–water partition coefficient (Wildman–Crippen LogP) is 2.48. The Morgan fingerprint density at radius 3 is 2.57 bits per heavy atom. The van der Waals surface area contributed by atoms with E-state index >= 15 is 0 Å². The molecule has 0 saturated heterocycles. The number of alkyl halides is 1. The highest BCUT2D eigenvalue weighted by Crippen LogP contribution is 2.13. The zero-order valence-corrected chi connectivity index (χ0v) is 9.05. The lowest BCUT2D eigenvalue weighted by molar-refractivity contribution is 0.267. The highest BCUT2D eigenvalue weighted by Gasteiger charge is 2.15. The highest BCUT2D eigenvalue weighted by molar-refractivity contribution is 5.26. The van der Waals surface area contributed by atoms with Crippen LogP contribution in [0.4, 0.5) is 4.39 Å². The SMILES string of the molecule is CNC(C)C(F)Cc1ccccc1C. The second kappa shape index (κ2) is 5.11. The summed E-state index contributed by atoms with van der Waals surface area (Å²) in [6, 6.07) is 7.86. The lowest BCUT2D eigenvalue weighted by Crippen LogP contribution is -2.33. The number of aryl methyl sites for hydroxylation is 1. The fourth-order valence-electron chi connectivity index (χ4n) is 1.41. The molecule has 0 aliphatic heterocycles. The normalized spacial score (nSPS) is 15.1. The molecule has 0 heterocycles. The van der Waals surface area contributed by atoms with Gasteiger partial charge in [0.25, 0.3) is 0 Å². The van der Waals surface area contributed by atoms with Crippen molar-refractivity contribution in [3.8, 4) is 0 Å². The van der Waals surface area contributed by atoms with Crippen molar-refractivity contribution in [1.29, 1.82) is 0 Å². The number of benzene rings is 1. The second-order valence-electron chi connectivity index (χ2n) is 3.72. The van der Waals surface area contributed by atoms with Gasteiger partial charge in [-0.15, -0.1) is 0 Å². The van der Waals surface area contributed by atoms with Crippen LogP contribution >= 0.6 is 0 Å². The fraction of sp³-hybridized carbons (Fsp3) is 0.500. The Hall–Kier alpha value is -0.890. The van der Waals surface area contributed by atoms with E-state index in [1.54, 1.807) is 7.05 Å². The van der Waals surface area contributed by atoms with Crippen LogP contribution in [-0.4, -0.2) is 19.3 Å². The van der Waals surface area contributed by atoms with E-state index in [0.717, 1.165) is 5.56 Å². The van der Waals surface area contributed by atoms with Crippen molar-refractivity contribution in [3.63, 3.8) is 0 Å². The van der Waals surface area contributed by atoms with Crippen LogP contribution in [0.2, 0.25) is 0 Å². The smallest absolute Gasteiger partial charge is 0.119 e. The van der Waals surface area contributed by atoms with Gasteiger partial charge in [-0.25, -0.2) is 4.39 Å². The fourth-order valence-corrected chi connectivity index (χ4v) is 1.41. The van der Waals surface area contributed by atoms with E-state index in [9.17, 15) is 4.39 Å². The molecule has 1 rings (SSSR count). The topological polar surface area (TPSA) is 12.0 Å². The molecule has 0 radical (unpaired) electrons. The van der Waals surface area contributed by atoms with Gasteiger partial charge in [0.05, 0.1) is 0 Å². The molecule has 1 N–H and O–H groups in total. The van der Waals surface area contributed by atoms with Crippen molar-refractivity contribution >= 4 is 0 Å². The Morgan fingerprint density at radius 1 is 1.36 bits per heavy atom. The van der Waals surface area contributed by atoms with E-state index in [0.29, 0.717) is 6.42 Å². The van der Waals surface area contributed by atoms with Crippen LogP contribution in [0.15, 0.2) is 24.3 Å². The first-order valence-corrected chi connectivity index (χ1v) is 5.01. The molecule has 0 aromatic heterocycles. The van der Waals surface area contributed by atoms with Crippen LogP contribution < -0.4 is 5.32 Å². The van der Waals surface area contributed by atoms with Gasteiger partial charge in [-0.05, 0) is 32.0 Å². The number of hydrogen-bond acceptors (Lipinski definition) is 1. The maximum absolute atomic E-state index is 13.6. The third-order valence-corrected chi connectivity index (χ3v) is 2.67. The minimum absolute atomic E-state index is 0.0883. The van der Waals surface area contributed by atoms with Crippen molar-refractivity contribution in [2.75, 3.05) is 7.05 Å². The van der Waals surface area contributed by atoms with Crippen LogP contribution in [-0.2, 0) is 6.42 Å². The van der Waals surface area contributed by atoms with Crippen LogP contribution in [0.5, 0.6) is 0 Å². The molecule has 1 aromatic rings. The van der Waals surface area contributed by atoms with Crippen molar-refractivity contribution < 1.29 is 4.39 Å². The third-order valence-electron chi connectivity index (χ3n) is 2.67. The molecule has 1 nitrogen and oxygen atoms in total. The predicted molar refractivity (Wildman–Crippen MR) is 58.3 cm³/mol. The minimum Gasteiger partial charge on any atom is -0.314 e. The number of halogens is 1. The van der Waals surface area contributed by atoms with Crippen molar-refractivity contribution in [2.45, 2.75) is 32.5 Å². The van der Waals surface area contributed by atoms with Crippen LogP contribution in [0, 0.1) is 6.92 Å². The molecule has 0 fully saturated rings. The van der Waals surface area contributed by atoms with Gasteiger partial charge >= 0.3 is 0 Å². The molecule has 0 bridgehead atoms. The molecule has 0 aliphatic carbocycles. The molecular formula is C12H18FN.